The Labute approximate surface area is 215 Å². The highest BCUT2D eigenvalue weighted by Gasteiger charge is 2.59. The van der Waals surface area contributed by atoms with Crippen LogP contribution in [-0.4, -0.2) is 28.8 Å². The summed E-state index contributed by atoms with van der Waals surface area (Å²) in [6, 6.07) is 24.1. The summed E-state index contributed by atoms with van der Waals surface area (Å²) < 4.78 is 0. The summed E-state index contributed by atoms with van der Waals surface area (Å²) in [6.45, 7) is 4.85. The number of para-hydroxylation sites is 3. The monoisotopic (exact) mass is 499 g/mol. The number of amides is 3. The van der Waals surface area contributed by atoms with Crippen molar-refractivity contribution in [2.24, 2.45) is 17.1 Å². The van der Waals surface area contributed by atoms with Gasteiger partial charge in [0.05, 0.1) is 17.8 Å². The molecule has 190 valence electrons. The number of carbonyl (C=O) groups is 4. The Balaban J connectivity index is 2.16. The number of hydrogen-bond donors (Lipinski definition) is 2. The van der Waals surface area contributed by atoms with Crippen LogP contribution in [0.15, 0.2) is 84.9 Å². The minimum absolute atomic E-state index is 0.273. The average Bonchev–Trinajstić information content (AvgIpc) is 2.93. The third-order valence-corrected chi connectivity index (χ3v) is 7.01. The Kier molecular flexibility index (Phi) is 6.61. The Morgan fingerprint density at radius 1 is 0.865 bits per heavy atom. The maximum absolute atomic E-state index is 14.6. The zero-order valence-electron chi connectivity index (χ0n) is 20.9. The number of rotatable bonds is 7. The van der Waals surface area contributed by atoms with Crippen LogP contribution < -0.4 is 15.5 Å². The number of fused-ring (bicyclic) bond motifs is 1. The van der Waals surface area contributed by atoms with Crippen LogP contribution in [0, 0.1) is 11.3 Å². The lowest BCUT2D eigenvalue weighted by Gasteiger charge is -2.46. The molecule has 3 aromatic carbocycles. The fraction of sp³-hybridized carbons (Fsp3) is 0.241. The Morgan fingerprint density at radius 2 is 1.38 bits per heavy atom. The van der Waals surface area contributed by atoms with E-state index in [9.17, 15) is 24.3 Å². The van der Waals surface area contributed by atoms with E-state index in [1.54, 1.807) is 98.8 Å². The topological polar surface area (TPSA) is 121 Å². The molecule has 0 saturated carbocycles. The van der Waals surface area contributed by atoms with Gasteiger partial charge in [0.2, 0.25) is 17.7 Å². The van der Waals surface area contributed by atoms with Crippen molar-refractivity contribution in [1.29, 1.82) is 0 Å². The van der Waals surface area contributed by atoms with Gasteiger partial charge in [0.1, 0.15) is 5.41 Å². The van der Waals surface area contributed by atoms with E-state index in [1.165, 1.54) is 16.7 Å². The van der Waals surface area contributed by atoms with E-state index in [-0.39, 0.29) is 5.69 Å². The van der Waals surface area contributed by atoms with E-state index in [0.29, 0.717) is 16.9 Å². The molecule has 2 atom stereocenters. The number of hydrogen-bond acceptors (Lipinski definition) is 4. The van der Waals surface area contributed by atoms with Crippen LogP contribution in [0.1, 0.15) is 32.8 Å². The number of carboxylic acids is 1. The first-order valence-corrected chi connectivity index (χ1v) is 12.0. The van der Waals surface area contributed by atoms with Crippen molar-refractivity contribution >= 4 is 40.8 Å². The number of primary amides is 1. The summed E-state index contributed by atoms with van der Waals surface area (Å²) in [7, 11) is 0. The molecule has 0 saturated heterocycles. The number of benzene rings is 3. The van der Waals surface area contributed by atoms with Gasteiger partial charge < -0.3 is 10.8 Å². The van der Waals surface area contributed by atoms with Gasteiger partial charge in [-0.15, -0.1) is 0 Å². The highest BCUT2D eigenvalue weighted by Crippen LogP contribution is 2.50. The van der Waals surface area contributed by atoms with Gasteiger partial charge in [0.25, 0.3) is 0 Å². The van der Waals surface area contributed by atoms with Crippen LogP contribution in [0.5, 0.6) is 0 Å². The van der Waals surface area contributed by atoms with Crippen LogP contribution in [0.2, 0.25) is 0 Å². The van der Waals surface area contributed by atoms with Crippen molar-refractivity contribution < 1.29 is 24.3 Å². The molecule has 0 spiro atoms. The second-order valence-corrected chi connectivity index (χ2v) is 9.66. The molecule has 3 N–H and O–H groups in total. The molecule has 2 unspecified atom stereocenters. The quantitative estimate of drug-likeness (QED) is 0.472. The number of nitrogens with zero attached hydrogens (tertiary/aromatic N) is 2. The lowest BCUT2D eigenvalue weighted by Crippen LogP contribution is -2.64. The highest BCUT2D eigenvalue weighted by atomic mass is 16.4. The zero-order valence-corrected chi connectivity index (χ0v) is 20.9. The summed E-state index contributed by atoms with van der Waals surface area (Å²) in [6.07, 6.45) is -0.778. The molecule has 0 bridgehead atoms. The average molecular weight is 500 g/mol. The predicted octanol–water partition coefficient (Wildman–Crippen LogP) is 4.22. The normalized spacial score (nSPS) is 19.2. The van der Waals surface area contributed by atoms with E-state index in [0.717, 1.165) is 0 Å². The van der Waals surface area contributed by atoms with Crippen molar-refractivity contribution in [2.45, 2.75) is 32.7 Å². The van der Waals surface area contributed by atoms with Gasteiger partial charge in [-0.1, -0.05) is 74.5 Å². The molecule has 1 heterocycles. The zero-order chi connectivity index (χ0) is 27.0. The maximum atomic E-state index is 14.6. The summed E-state index contributed by atoms with van der Waals surface area (Å²) in [5.74, 6) is -4.19. The van der Waals surface area contributed by atoms with Gasteiger partial charge in [-0.05, 0) is 42.7 Å². The van der Waals surface area contributed by atoms with Crippen LogP contribution in [0.25, 0.3) is 0 Å². The Morgan fingerprint density at radius 3 is 1.89 bits per heavy atom. The first-order chi connectivity index (χ1) is 17.6. The number of anilines is 3. The molecular weight excluding hydrogens is 470 g/mol. The predicted molar refractivity (Wildman–Crippen MR) is 140 cm³/mol. The summed E-state index contributed by atoms with van der Waals surface area (Å²) in [4.78, 5) is 57.0. The van der Waals surface area contributed by atoms with Crippen LogP contribution >= 0.6 is 0 Å². The second kappa shape index (κ2) is 9.54. The standard InChI is InChI=1S/C29H29N3O5/c1-19(2)29(25(30)35,20-12-6-4-7-13-20)32-23-17-11-10-16-22(23)31(21-14-8-5-9-15-21)26(36)28(3,27(32)37)18-24(33)34/h4-17,19H,18H2,1-3H3,(H2,30,35)(H,33,34). The second-order valence-electron chi connectivity index (χ2n) is 9.66. The molecule has 4 rings (SSSR count). The Bertz CT molecular complexity index is 1360. The van der Waals surface area contributed by atoms with Crippen LogP contribution in [0.3, 0.4) is 0 Å². The summed E-state index contributed by atoms with van der Waals surface area (Å²) in [5.41, 5.74) is 3.88. The molecule has 3 aromatic rings. The molecular formula is C29H29N3O5. The molecule has 3 amide bonds. The number of carbonyl (C=O) groups excluding carboxylic acids is 3. The largest absolute Gasteiger partial charge is 0.481 e. The van der Waals surface area contributed by atoms with Crippen molar-refractivity contribution in [2.75, 3.05) is 9.80 Å². The van der Waals surface area contributed by atoms with E-state index in [4.69, 9.17) is 5.73 Å². The SMILES string of the molecule is CC(C)C(C(N)=O)(c1ccccc1)N1C(=O)C(C)(CC(=O)O)C(=O)N(c2ccccc2)c2ccccc21. The van der Waals surface area contributed by atoms with E-state index >= 15 is 0 Å². The molecule has 1 aliphatic rings. The molecule has 0 radical (unpaired) electrons. The van der Waals surface area contributed by atoms with Gasteiger partial charge in [-0.3, -0.25) is 29.0 Å². The molecule has 0 fully saturated rings. The minimum atomic E-state index is -2.05. The molecule has 8 nitrogen and oxygen atoms in total. The molecule has 8 heteroatoms. The third-order valence-electron chi connectivity index (χ3n) is 7.01. The lowest BCUT2D eigenvalue weighted by molar-refractivity contribution is -0.150. The van der Waals surface area contributed by atoms with Crippen molar-refractivity contribution in [3.05, 3.63) is 90.5 Å². The van der Waals surface area contributed by atoms with Crippen LogP contribution in [-0.2, 0) is 24.7 Å². The fourth-order valence-electron chi connectivity index (χ4n) is 5.23. The van der Waals surface area contributed by atoms with Crippen molar-refractivity contribution in [1.82, 2.24) is 0 Å². The first kappa shape index (κ1) is 25.6. The lowest BCUT2D eigenvalue weighted by atomic mass is 9.74. The summed E-state index contributed by atoms with van der Waals surface area (Å²) in [5, 5.41) is 9.82. The van der Waals surface area contributed by atoms with Gasteiger partial charge in [0, 0.05) is 5.69 Å². The fourth-order valence-corrected chi connectivity index (χ4v) is 5.23. The van der Waals surface area contributed by atoms with E-state index < -0.39 is 47.0 Å². The van der Waals surface area contributed by atoms with Gasteiger partial charge in [-0.25, -0.2) is 0 Å². The van der Waals surface area contributed by atoms with E-state index in [2.05, 4.69) is 0 Å². The maximum Gasteiger partial charge on any atom is 0.304 e. The molecule has 37 heavy (non-hydrogen) atoms. The number of aliphatic carboxylic acids is 1. The minimum Gasteiger partial charge on any atom is -0.481 e. The van der Waals surface area contributed by atoms with Gasteiger partial charge in [0.15, 0.2) is 5.54 Å². The van der Waals surface area contributed by atoms with Gasteiger partial charge >= 0.3 is 5.97 Å². The summed E-state index contributed by atoms with van der Waals surface area (Å²) >= 11 is 0. The van der Waals surface area contributed by atoms with Crippen molar-refractivity contribution in [3.8, 4) is 0 Å². The molecule has 0 aromatic heterocycles. The Hall–Kier alpha value is -4.46. The molecule has 0 aliphatic carbocycles. The van der Waals surface area contributed by atoms with Gasteiger partial charge in [-0.2, -0.15) is 0 Å². The van der Waals surface area contributed by atoms with Crippen LogP contribution in [0.4, 0.5) is 17.1 Å². The van der Waals surface area contributed by atoms with Crippen molar-refractivity contribution in [3.63, 3.8) is 0 Å². The first-order valence-electron chi connectivity index (χ1n) is 12.0. The smallest absolute Gasteiger partial charge is 0.304 e. The third kappa shape index (κ3) is 3.94. The number of carboxylic acid groups (broad SMARTS) is 1. The molecule has 1 aliphatic heterocycles. The number of nitrogens with two attached hydrogens (primary N) is 1. The van der Waals surface area contributed by atoms with E-state index in [1.807, 2.05) is 0 Å². The highest BCUT2D eigenvalue weighted by molar-refractivity contribution is 6.25.